The van der Waals surface area contributed by atoms with Crippen molar-refractivity contribution in [1.29, 1.82) is 0 Å². The Morgan fingerprint density at radius 2 is 1.74 bits per heavy atom. The second-order valence-corrected chi connectivity index (χ2v) is 7.88. The average molecular weight is 437 g/mol. The zero-order chi connectivity index (χ0) is 21.3. The molecule has 5 nitrogen and oxygen atoms in total. The average Bonchev–Trinajstić information content (AvgIpc) is 3.00. The van der Waals surface area contributed by atoms with Gasteiger partial charge in [0.2, 0.25) is 0 Å². The van der Waals surface area contributed by atoms with E-state index in [1.54, 1.807) is 26.2 Å². The molecule has 6 heteroatoms. The highest BCUT2D eigenvalue weighted by Crippen LogP contribution is 2.38. The predicted octanol–water partition coefficient (Wildman–Crippen LogP) is 5.49. The van der Waals surface area contributed by atoms with Gasteiger partial charge in [0.1, 0.15) is 5.75 Å². The molecular formula is C25H25ClN2O3. The van der Waals surface area contributed by atoms with Gasteiger partial charge >= 0.3 is 5.97 Å². The molecule has 0 amide bonds. The van der Waals surface area contributed by atoms with Crippen LogP contribution in [0.15, 0.2) is 73.1 Å². The van der Waals surface area contributed by atoms with Crippen LogP contribution in [0.3, 0.4) is 0 Å². The lowest BCUT2D eigenvalue weighted by atomic mass is 9.99. The van der Waals surface area contributed by atoms with Crippen molar-refractivity contribution in [2.45, 2.75) is 25.9 Å². The fourth-order valence-electron chi connectivity index (χ4n) is 3.72. The van der Waals surface area contributed by atoms with Crippen LogP contribution in [0.1, 0.15) is 25.1 Å². The lowest BCUT2D eigenvalue weighted by Crippen LogP contribution is -2.37. The molecule has 0 atom stereocenters. The number of carboxylic acid groups (broad SMARTS) is 1. The number of nitrogens with zero attached hydrogens (tertiary/aromatic N) is 2. The van der Waals surface area contributed by atoms with Gasteiger partial charge in [0, 0.05) is 48.0 Å². The Hall–Kier alpha value is -3.31. The number of hydrogen-bond donors (Lipinski definition) is 1. The topological polar surface area (TPSA) is 64.4 Å². The first kappa shape index (κ1) is 22.4. The molecule has 2 heterocycles. The number of carbonyl (C=O) groups is 1. The number of aliphatic carboxylic acids is 1. The van der Waals surface area contributed by atoms with Crippen LogP contribution in [0.2, 0.25) is 0 Å². The van der Waals surface area contributed by atoms with Gasteiger partial charge in [-0.2, -0.15) is 0 Å². The van der Waals surface area contributed by atoms with Gasteiger partial charge < -0.3 is 14.4 Å². The number of aryl methyl sites for hydroxylation is 1. The van der Waals surface area contributed by atoms with Crippen LogP contribution < -0.4 is 4.74 Å². The molecule has 0 saturated heterocycles. The minimum absolute atomic E-state index is 0. The molecule has 0 bridgehead atoms. The number of aromatic nitrogens is 2. The Kier molecular flexibility index (Phi) is 6.37. The van der Waals surface area contributed by atoms with Crippen LogP contribution in [0.5, 0.6) is 5.75 Å². The van der Waals surface area contributed by atoms with Crippen LogP contribution in [0, 0.1) is 0 Å². The van der Waals surface area contributed by atoms with Crippen LogP contribution in [0.4, 0.5) is 0 Å². The number of benzene rings is 2. The molecule has 4 aromatic rings. The minimum Gasteiger partial charge on any atom is -0.478 e. The maximum Gasteiger partial charge on any atom is 0.347 e. The maximum atomic E-state index is 11.5. The summed E-state index contributed by atoms with van der Waals surface area (Å²) in [4.78, 5) is 15.7. The lowest BCUT2D eigenvalue weighted by molar-refractivity contribution is -0.152. The molecule has 0 spiro atoms. The van der Waals surface area contributed by atoms with Crippen LogP contribution in [-0.4, -0.2) is 26.2 Å². The number of carboxylic acids is 1. The van der Waals surface area contributed by atoms with Gasteiger partial charge in [-0.25, -0.2) is 4.79 Å². The molecule has 0 radical (unpaired) electrons. The SMILES string of the molecule is Cl.Cn1c(Cc2ccccc2)c(-c2ccncc2)c2cc(OC(C)(C)C(=O)O)ccc21. The summed E-state index contributed by atoms with van der Waals surface area (Å²) in [5, 5.41) is 10.4. The van der Waals surface area contributed by atoms with Crippen molar-refractivity contribution >= 4 is 29.3 Å². The Labute approximate surface area is 187 Å². The lowest BCUT2D eigenvalue weighted by Gasteiger charge is -2.21. The van der Waals surface area contributed by atoms with Gasteiger partial charge in [0.25, 0.3) is 0 Å². The van der Waals surface area contributed by atoms with E-state index in [9.17, 15) is 9.90 Å². The Morgan fingerprint density at radius 3 is 2.39 bits per heavy atom. The van der Waals surface area contributed by atoms with Crippen molar-refractivity contribution in [3.05, 3.63) is 84.3 Å². The van der Waals surface area contributed by atoms with E-state index in [1.165, 1.54) is 11.3 Å². The van der Waals surface area contributed by atoms with Gasteiger partial charge in [0.05, 0.1) is 0 Å². The van der Waals surface area contributed by atoms with Gasteiger partial charge in [0.15, 0.2) is 5.60 Å². The van der Waals surface area contributed by atoms with Crippen LogP contribution in [0.25, 0.3) is 22.0 Å². The minimum atomic E-state index is -1.31. The molecule has 2 aromatic heterocycles. The third-order valence-electron chi connectivity index (χ3n) is 5.36. The molecule has 31 heavy (non-hydrogen) atoms. The molecule has 1 N–H and O–H groups in total. The number of fused-ring (bicyclic) bond motifs is 1. The summed E-state index contributed by atoms with van der Waals surface area (Å²) < 4.78 is 8.01. The van der Waals surface area contributed by atoms with Crippen molar-refractivity contribution in [3.63, 3.8) is 0 Å². The number of rotatable bonds is 6. The first-order valence-corrected chi connectivity index (χ1v) is 9.85. The summed E-state index contributed by atoms with van der Waals surface area (Å²) in [7, 11) is 2.06. The molecule has 0 unspecified atom stereocenters. The maximum absolute atomic E-state index is 11.5. The molecule has 0 fully saturated rings. The van der Waals surface area contributed by atoms with Gasteiger partial charge in [-0.3, -0.25) is 4.98 Å². The predicted molar refractivity (Wildman–Crippen MR) is 125 cm³/mol. The number of pyridine rings is 1. The van der Waals surface area contributed by atoms with Crippen LogP contribution in [-0.2, 0) is 18.3 Å². The zero-order valence-corrected chi connectivity index (χ0v) is 18.5. The quantitative estimate of drug-likeness (QED) is 0.433. The summed E-state index contributed by atoms with van der Waals surface area (Å²) in [6.45, 7) is 3.10. The molecule has 160 valence electrons. The summed E-state index contributed by atoms with van der Waals surface area (Å²) >= 11 is 0. The standard InChI is InChI=1S/C25H24N2O3.ClH/c1-25(2,24(28)29)30-19-9-10-21-20(16-19)23(18-11-13-26-14-12-18)22(27(21)3)15-17-7-5-4-6-8-17;/h4-14,16H,15H2,1-3H3,(H,28,29);1H. The molecule has 0 aliphatic carbocycles. The van der Waals surface area contributed by atoms with E-state index in [0.717, 1.165) is 28.5 Å². The highest BCUT2D eigenvalue weighted by atomic mass is 35.5. The van der Waals surface area contributed by atoms with Crippen molar-refractivity contribution in [2.75, 3.05) is 0 Å². The summed E-state index contributed by atoms with van der Waals surface area (Å²) in [6, 6.07) is 20.1. The number of ether oxygens (including phenoxy) is 1. The third-order valence-corrected chi connectivity index (χ3v) is 5.36. The third kappa shape index (κ3) is 4.42. The first-order chi connectivity index (χ1) is 14.4. The van der Waals surface area contributed by atoms with Crippen molar-refractivity contribution in [3.8, 4) is 16.9 Å². The fraction of sp³-hybridized carbons (Fsp3) is 0.200. The van der Waals surface area contributed by atoms with E-state index in [-0.39, 0.29) is 12.4 Å². The number of halogens is 1. The van der Waals surface area contributed by atoms with Crippen molar-refractivity contribution in [2.24, 2.45) is 7.05 Å². The molecule has 0 aliphatic heterocycles. The smallest absolute Gasteiger partial charge is 0.347 e. The normalized spacial score (nSPS) is 11.2. The first-order valence-electron chi connectivity index (χ1n) is 9.85. The van der Waals surface area contributed by atoms with E-state index in [1.807, 2.05) is 48.5 Å². The monoisotopic (exact) mass is 436 g/mol. The fourth-order valence-corrected chi connectivity index (χ4v) is 3.72. The van der Waals surface area contributed by atoms with Gasteiger partial charge in [-0.1, -0.05) is 30.3 Å². The van der Waals surface area contributed by atoms with E-state index >= 15 is 0 Å². The van der Waals surface area contributed by atoms with E-state index in [0.29, 0.717) is 5.75 Å². The summed E-state index contributed by atoms with van der Waals surface area (Å²) in [5.41, 5.74) is 4.33. The zero-order valence-electron chi connectivity index (χ0n) is 17.7. The Morgan fingerprint density at radius 1 is 1.06 bits per heavy atom. The van der Waals surface area contributed by atoms with E-state index in [2.05, 4.69) is 28.7 Å². The number of hydrogen-bond acceptors (Lipinski definition) is 3. The molecule has 0 aliphatic rings. The highest BCUT2D eigenvalue weighted by molar-refractivity contribution is 5.99. The van der Waals surface area contributed by atoms with Crippen molar-refractivity contribution < 1.29 is 14.6 Å². The molecular weight excluding hydrogens is 412 g/mol. The summed E-state index contributed by atoms with van der Waals surface area (Å²) in [5.74, 6) is -0.475. The van der Waals surface area contributed by atoms with E-state index < -0.39 is 11.6 Å². The summed E-state index contributed by atoms with van der Waals surface area (Å²) in [6.07, 6.45) is 4.35. The van der Waals surface area contributed by atoms with Crippen LogP contribution >= 0.6 is 12.4 Å². The Bertz CT molecular complexity index is 1200. The molecule has 2 aromatic carbocycles. The highest BCUT2D eigenvalue weighted by Gasteiger charge is 2.29. The second-order valence-electron chi connectivity index (χ2n) is 7.88. The molecule has 4 rings (SSSR count). The van der Waals surface area contributed by atoms with Gasteiger partial charge in [-0.05, 0) is 55.3 Å². The largest absolute Gasteiger partial charge is 0.478 e. The Balaban J connectivity index is 0.00000272. The van der Waals surface area contributed by atoms with E-state index in [4.69, 9.17) is 4.74 Å². The second kappa shape index (κ2) is 8.82. The molecule has 0 saturated carbocycles. The van der Waals surface area contributed by atoms with Crippen molar-refractivity contribution in [1.82, 2.24) is 9.55 Å². The van der Waals surface area contributed by atoms with Gasteiger partial charge in [-0.15, -0.1) is 12.4 Å².